The second kappa shape index (κ2) is 6.75. The van der Waals surface area contributed by atoms with Crippen LogP contribution in [0.5, 0.6) is 0 Å². The molecule has 1 aliphatic carbocycles. The molecule has 0 bridgehead atoms. The summed E-state index contributed by atoms with van der Waals surface area (Å²) in [5.74, 6) is 0. The van der Waals surface area contributed by atoms with E-state index in [0.29, 0.717) is 12.1 Å². The monoisotopic (exact) mass is 277 g/mol. The second-order valence-corrected chi connectivity index (χ2v) is 7.26. The largest absolute Gasteiger partial charge is 0.313 e. The van der Waals surface area contributed by atoms with Crippen LogP contribution in [0.15, 0.2) is 12.3 Å². The predicted molar refractivity (Wildman–Crippen MR) is 85.0 cm³/mol. The highest BCUT2D eigenvalue weighted by Gasteiger charge is 2.25. The Balaban J connectivity index is 2.00. The van der Waals surface area contributed by atoms with Gasteiger partial charge in [0, 0.05) is 18.7 Å². The van der Waals surface area contributed by atoms with Gasteiger partial charge in [0.25, 0.3) is 0 Å². The molecule has 1 aliphatic rings. The number of nitrogens with one attached hydrogen (secondary N) is 1. The molecule has 114 valence electrons. The molecule has 0 saturated heterocycles. The molecule has 0 aromatic carbocycles. The Bertz CT molecular complexity index is 397. The fourth-order valence-corrected chi connectivity index (χ4v) is 3.18. The van der Waals surface area contributed by atoms with E-state index in [1.165, 1.54) is 37.8 Å². The van der Waals surface area contributed by atoms with E-state index < -0.39 is 0 Å². The quantitative estimate of drug-likeness (QED) is 0.883. The lowest BCUT2D eigenvalue weighted by Crippen LogP contribution is -2.42. The Morgan fingerprint density at radius 1 is 1.30 bits per heavy atom. The van der Waals surface area contributed by atoms with Gasteiger partial charge in [-0.25, -0.2) is 0 Å². The van der Waals surface area contributed by atoms with Gasteiger partial charge in [-0.15, -0.1) is 0 Å². The molecular weight excluding hydrogens is 246 g/mol. The van der Waals surface area contributed by atoms with E-state index in [2.05, 4.69) is 50.0 Å². The minimum atomic E-state index is 0.268. The van der Waals surface area contributed by atoms with Crippen molar-refractivity contribution in [1.29, 1.82) is 0 Å². The van der Waals surface area contributed by atoms with Gasteiger partial charge in [-0.3, -0.25) is 4.68 Å². The summed E-state index contributed by atoms with van der Waals surface area (Å²) in [4.78, 5) is 0. The standard InChI is InChI=1S/C17H31N3/c1-5-18-16(17(2,3)4)13-14-11-12-20(19-14)15-9-7-6-8-10-15/h11-12,15-16,18H,5-10,13H2,1-4H3. The summed E-state index contributed by atoms with van der Waals surface area (Å²) in [5.41, 5.74) is 1.50. The van der Waals surface area contributed by atoms with Crippen molar-refractivity contribution in [3.63, 3.8) is 0 Å². The molecule has 20 heavy (non-hydrogen) atoms. The maximum absolute atomic E-state index is 4.85. The maximum Gasteiger partial charge on any atom is 0.0640 e. The molecule has 1 heterocycles. The zero-order valence-electron chi connectivity index (χ0n) is 13.7. The van der Waals surface area contributed by atoms with Gasteiger partial charge < -0.3 is 5.32 Å². The highest BCUT2D eigenvalue weighted by molar-refractivity contribution is 5.04. The molecule has 1 saturated carbocycles. The van der Waals surface area contributed by atoms with Gasteiger partial charge in [0.05, 0.1) is 11.7 Å². The van der Waals surface area contributed by atoms with Crippen LogP contribution in [0.3, 0.4) is 0 Å². The van der Waals surface area contributed by atoms with Crippen LogP contribution in [0.25, 0.3) is 0 Å². The predicted octanol–water partition coefficient (Wildman–Crippen LogP) is 3.96. The molecule has 1 aromatic rings. The maximum atomic E-state index is 4.85. The van der Waals surface area contributed by atoms with Crippen LogP contribution in [0, 0.1) is 5.41 Å². The van der Waals surface area contributed by atoms with Crippen molar-refractivity contribution in [3.05, 3.63) is 18.0 Å². The summed E-state index contributed by atoms with van der Waals surface area (Å²) in [6.07, 6.45) is 9.95. The second-order valence-electron chi connectivity index (χ2n) is 7.26. The van der Waals surface area contributed by atoms with Crippen molar-refractivity contribution in [2.24, 2.45) is 5.41 Å². The Morgan fingerprint density at radius 2 is 2.00 bits per heavy atom. The van der Waals surface area contributed by atoms with Crippen LogP contribution in [-0.2, 0) is 6.42 Å². The summed E-state index contributed by atoms with van der Waals surface area (Å²) in [6, 6.07) is 3.34. The van der Waals surface area contributed by atoms with E-state index in [9.17, 15) is 0 Å². The Hall–Kier alpha value is -0.830. The number of nitrogens with zero attached hydrogens (tertiary/aromatic N) is 2. The van der Waals surface area contributed by atoms with Gasteiger partial charge in [-0.1, -0.05) is 47.0 Å². The third-order valence-electron chi connectivity index (χ3n) is 4.52. The topological polar surface area (TPSA) is 29.9 Å². The molecule has 0 amide bonds. The fourth-order valence-electron chi connectivity index (χ4n) is 3.18. The van der Waals surface area contributed by atoms with Crippen molar-refractivity contribution < 1.29 is 0 Å². The van der Waals surface area contributed by atoms with Crippen molar-refractivity contribution in [3.8, 4) is 0 Å². The van der Waals surface area contributed by atoms with Crippen LogP contribution in [0.4, 0.5) is 0 Å². The third kappa shape index (κ3) is 4.08. The lowest BCUT2D eigenvalue weighted by molar-refractivity contribution is 0.266. The zero-order chi connectivity index (χ0) is 14.6. The summed E-state index contributed by atoms with van der Waals surface area (Å²) in [6.45, 7) is 10.1. The number of hydrogen-bond acceptors (Lipinski definition) is 2. The average Bonchev–Trinajstić information content (AvgIpc) is 2.87. The summed E-state index contributed by atoms with van der Waals surface area (Å²) in [5, 5.41) is 8.46. The van der Waals surface area contributed by atoms with Gasteiger partial charge >= 0.3 is 0 Å². The molecule has 0 aliphatic heterocycles. The molecule has 3 nitrogen and oxygen atoms in total. The Labute approximate surface area is 124 Å². The van der Waals surface area contributed by atoms with Crippen molar-refractivity contribution in [1.82, 2.24) is 15.1 Å². The first kappa shape index (κ1) is 15.6. The fraction of sp³-hybridized carbons (Fsp3) is 0.824. The van der Waals surface area contributed by atoms with Crippen molar-refractivity contribution in [2.75, 3.05) is 6.54 Å². The SMILES string of the molecule is CCNC(Cc1ccn(C2CCCCC2)n1)C(C)(C)C. The molecule has 0 spiro atoms. The number of aromatic nitrogens is 2. The van der Waals surface area contributed by atoms with Crippen LogP contribution < -0.4 is 5.32 Å². The Morgan fingerprint density at radius 3 is 2.60 bits per heavy atom. The van der Waals surface area contributed by atoms with Gasteiger partial charge in [0.1, 0.15) is 0 Å². The van der Waals surface area contributed by atoms with Gasteiger partial charge in [0.2, 0.25) is 0 Å². The van der Waals surface area contributed by atoms with E-state index >= 15 is 0 Å². The third-order valence-corrected chi connectivity index (χ3v) is 4.52. The van der Waals surface area contributed by atoms with Gasteiger partial charge in [-0.2, -0.15) is 5.10 Å². The van der Waals surface area contributed by atoms with E-state index in [1.807, 2.05) is 0 Å². The van der Waals surface area contributed by atoms with E-state index in [-0.39, 0.29) is 5.41 Å². The molecule has 2 rings (SSSR count). The average molecular weight is 277 g/mol. The molecule has 1 atom stereocenters. The van der Waals surface area contributed by atoms with Gasteiger partial charge in [-0.05, 0) is 30.9 Å². The van der Waals surface area contributed by atoms with E-state index in [1.54, 1.807) is 0 Å². The normalized spacial score (nSPS) is 19.2. The molecule has 1 fully saturated rings. The first-order valence-corrected chi connectivity index (χ1v) is 8.28. The number of rotatable bonds is 5. The zero-order valence-corrected chi connectivity index (χ0v) is 13.7. The molecule has 1 N–H and O–H groups in total. The minimum Gasteiger partial charge on any atom is -0.313 e. The first-order chi connectivity index (χ1) is 9.50. The minimum absolute atomic E-state index is 0.268. The van der Waals surface area contributed by atoms with Crippen molar-refractivity contribution in [2.45, 2.75) is 78.3 Å². The van der Waals surface area contributed by atoms with Crippen LogP contribution in [0.2, 0.25) is 0 Å². The van der Waals surface area contributed by atoms with E-state index in [0.717, 1.165) is 13.0 Å². The Kier molecular flexibility index (Phi) is 5.25. The smallest absolute Gasteiger partial charge is 0.0640 e. The van der Waals surface area contributed by atoms with Crippen LogP contribution in [-0.4, -0.2) is 22.4 Å². The lowest BCUT2D eigenvalue weighted by atomic mass is 9.84. The molecular formula is C17H31N3. The van der Waals surface area contributed by atoms with Crippen LogP contribution in [0.1, 0.15) is 71.5 Å². The molecule has 0 radical (unpaired) electrons. The van der Waals surface area contributed by atoms with Crippen molar-refractivity contribution >= 4 is 0 Å². The first-order valence-electron chi connectivity index (χ1n) is 8.28. The molecule has 1 unspecified atom stereocenters. The molecule has 3 heteroatoms. The van der Waals surface area contributed by atoms with E-state index in [4.69, 9.17) is 5.10 Å². The summed E-state index contributed by atoms with van der Waals surface area (Å²) >= 11 is 0. The van der Waals surface area contributed by atoms with Crippen LogP contribution >= 0.6 is 0 Å². The number of likely N-dealkylation sites (N-methyl/N-ethyl adjacent to an activating group) is 1. The summed E-state index contributed by atoms with van der Waals surface area (Å²) < 4.78 is 2.22. The highest BCUT2D eigenvalue weighted by atomic mass is 15.3. The van der Waals surface area contributed by atoms with Gasteiger partial charge in [0.15, 0.2) is 0 Å². The summed E-state index contributed by atoms with van der Waals surface area (Å²) in [7, 11) is 0. The molecule has 1 aromatic heterocycles. The highest BCUT2D eigenvalue weighted by Crippen LogP contribution is 2.28. The lowest BCUT2D eigenvalue weighted by Gasteiger charge is -2.31. The number of hydrogen-bond donors (Lipinski definition) is 1.